The molecule has 7 nitrogen and oxygen atoms in total. The average molecular weight is 376 g/mol. The highest BCUT2D eigenvalue weighted by Gasteiger charge is 2.26. The third-order valence-electron chi connectivity index (χ3n) is 4.01. The van der Waals surface area contributed by atoms with Crippen molar-refractivity contribution in [2.24, 2.45) is 4.99 Å². The first-order valence-corrected chi connectivity index (χ1v) is 9.54. The maximum Gasteiger partial charge on any atom is 0.243 e. The molecule has 8 heteroatoms. The van der Waals surface area contributed by atoms with Gasteiger partial charge < -0.3 is 14.6 Å². The average Bonchev–Trinajstić information content (AvgIpc) is 2.68. The fraction of sp³-hybridized carbons (Fsp3) is 0.278. The summed E-state index contributed by atoms with van der Waals surface area (Å²) in [5, 5.41) is 9.90. The summed E-state index contributed by atoms with van der Waals surface area (Å²) < 4.78 is 37.2. The topological polar surface area (TPSA) is 88.4 Å². The zero-order valence-corrected chi connectivity index (χ0v) is 15.1. The van der Waals surface area contributed by atoms with E-state index in [-0.39, 0.29) is 10.6 Å². The number of rotatable bonds is 5. The summed E-state index contributed by atoms with van der Waals surface area (Å²) in [5.74, 6) is 0.652. The van der Waals surface area contributed by atoms with Crippen LogP contribution < -0.4 is 4.74 Å². The van der Waals surface area contributed by atoms with Crippen LogP contribution >= 0.6 is 0 Å². The second-order valence-electron chi connectivity index (χ2n) is 5.70. The van der Waals surface area contributed by atoms with Crippen LogP contribution in [0, 0.1) is 0 Å². The zero-order chi connectivity index (χ0) is 18.6. The number of phenols is 1. The highest BCUT2D eigenvalue weighted by atomic mass is 32.2. The van der Waals surface area contributed by atoms with Crippen molar-refractivity contribution in [1.29, 1.82) is 0 Å². The lowest BCUT2D eigenvalue weighted by Gasteiger charge is -2.26. The highest BCUT2D eigenvalue weighted by Crippen LogP contribution is 2.24. The van der Waals surface area contributed by atoms with Crippen molar-refractivity contribution in [2.45, 2.75) is 4.90 Å². The van der Waals surface area contributed by atoms with Gasteiger partial charge in [-0.25, -0.2) is 8.42 Å². The van der Waals surface area contributed by atoms with E-state index in [9.17, 15) is 13.5 Å². The lowest BCUT2D eigenvalue weighted by Crippen LogP contribution is -2.40. The predicted molar refractivity (Wildman–Crippen MR) is 97.9 cm³/mol. The number of aliphatic imine (C=N–C) groups is 1. The number of benzene rings is 2. The van der Waals surface area contributed by atoms with Gasteiger partial charge in [0.1, 0.15) is 11.5 Å². The number of nitrogens with zero attached hydrogens (tertiary/aromatic N) is 2. The SMILES string of the molecule is COc1ccc(O)c(C=Nc2cccc(S(=O)(=O)N3CCOCC3)c2)c1. The van der Waals surface area contributed by atoms with E-state index in [2.05, 4.69) is 4.99 Å². The maximum atomic E-state index is 12.7. The Morgan fingerprint density at radius 2 is 1.96 bits per heavy atom. The molecule has 0 aromatic heterocycles. The molecule has 1 saturated heterocycles. The van der Waals surface area contributed by atoms with E-state index in [1.54, 1.807) is 30.3 Å². The third-order valence-corrected chi connectivity index (χ3v) is 5.91. The predicted octanol–water partition coefficient (Wildman–Crippen LogP) is 2.17. The molecule has 0 bridgehead atoms. The van der Waals surface area contributed by atoms with Gasteiger partial charge in [-0.1, -0.05) is 6.07 Å². The lowest BCUT2D eigenvalue weighted by atomic mass is 10.2. The smallest absolute Gasteiger partial charge is 0.243 e. The van der Waals surface area contributed by atoms with Crippen molar-refractivity contribution >= 4 is 21.9 Å². The normalized spacial score (nSPS) is 16.0. The molecule has 2 aromatic carbocycles. The molecular formula is C18H20N2O5S. The van der Waals surface area contributed by atoms with Crippen molar-refractivity contribution in [1.82, 2.24) is 4.31 Å². The van der Waals surface area contributed by atoms with Crippen LogP contribution in [0.3, 0.4) is 0 Å². The number of hydrogen-bond acceptors (Lipinski definition) is 6. The van der Waals surface area contributed by atoms with Gasteiger partial charge in [-0.3, -0.25) is 4.99 Å². The van der Waals surface area contributed by atoms with E-state index >= 15 is 0 Å². The van der Waals surface area contributed by atoms with Gasteiger partial charge in [0.15, 0.2) is 0 Å². The standard InChI is InChI=1S/C18H20N2O5S/c1-24-16-5-6-18(21)14(11-16)13-19-15-3-2-4-17(12-15)26(22,23)20-7-9-25-10-8-20/h2-6,11-13,21H,7-10H2,1H3. The lowest BCUT2D eigenvalue weighted by molar-refractivity contribution is 0.0730. The molecular weight excluding hydrogens is 356 g/mol. The fourth-order valence-corrected chi connectivity index (χ4v) is 4.02. The molecule has 0 radical (unpaired) electrons. The number of phenolic OH excluding ortho intramolecular Hbond substituents is 1. The summed E-state index contributed by atoms with van der Waals surface area (Å²) in [6.45, 7) is 1.47. The zero-order valence-electron chi connectivity index (χ0n) is 14.3. The number of hydrogen-bond donors (Lipinski definition) is 1. The molecule has 0 unspecified atom stereocenters. The van der Waals surface area contributed by atoms with E-state index in [0.717, 1.165) is 0 Å². The van der Waals surface area contributed by atoms with Crippen molar-refractivity contribution in [3.05, 3.63) is 48.0 Å². The Morgan fingerprint density at radius 3 is 2.69 bits per heavy atom. The minimum Gasteiger partial charge on any atom is -0.507 e. The summed E-state index contributed by atoms with van der Waals surface area (Å²) in [5.41, 5.74) is 0.951. The summed E-state index contributed by atoms with van der Waals surface area (Å²) in [7, 11) is -2.04. The van der Waals surface area contributed by atoms with E-state index < -0.39 is 10.0 Å². The first-order chi connectivity index (χ1) is 12.5. The molecule has 1 aliphatic heterocycles. The second-order valence-corrected chi connectivity index (χ2v) is 7.63. The Balaban J connectivity index is 1.85. The molecule has 26 heavy (non-hydrogen) atoms. The number of sulfonamides is 1. The minimum absolute atomic E-state index is 0.0617. The second kappa shape index (κ2) is 7.86. The van der Waals surface area contributed by atoms with Crippen molar-refractivity contribution in [3.63, 3.8) is 0 Å². The number of aromatic hydroxyl groups is 1. The van der Waals surface area contributed by atoms with Gasteiger partial charge in [0.25, 0.3) is 0 Å². The summed E-state index contributed by atoms with van der Waals surface area (Å²) in [4.78, 5) is 4.47. The van der Waals surface area contributed by atoms with Gasteiger partial charge in [0, 0.05) is 24.9 Å². The molecule has 1 aliphatic rings. The van der Waals surface area contributed by atoms with E-state index in [1.165, 1.54) is 29.8 Å². The number of morpholine rings is 1. The molecule has 0 spiro atoms. The van der Waals surface area contributed by atoms with Crippen molar-refractivity contribution in [2.75, 3.05) is 33.4 Å². The van der Waals surface area contributed by atoms with Gasteiger partial charge in [-0.05, 0) is 36.4 Å². The van der Waals surface area contributed by atoms with Crippen molar-refractivity contribution in [3.8, 4) is 11.5 Å². The van der Waals surface area contributed by atoms with Crippen molar-refractivity contribution < 1.29 is 23.0 Å². The highest BCUT2D eigenvalue weighted by molar-refractivity contribution is 7.89. The van der Waals surface area contributed by atoms with Crippen LogP contribution in [-0.2, 0) is 14.8 Å². The van der Waals surface area contributed by atoms with Crippen LogP contribution in [0.1, 0.15) is 5.56 Å². The third kappa shape index (κ3) is 4.04. The molecule has 3 rings (SSSR count). The summed E-state index contributed by atoms with van der Waals surface area (Å²) in [6.07, 6.45) is 1.47. The quantitative estimate of drug-likeness (QED) is 0.808. The van der Waals surface area contributed by atoms with Crippen LogP contribution in [0.15, 0.2) is 52.4 Å². The Kier molecular flexibility index (Phi) is 5.55. The van der Waals surface area contributed by atoms with Crippen LogP contribution in [-0.4, -0.2) is 57.5 Å². The molecule has 0 amide bonds. The van der Waals surface area contributed by atoms with Gasteiger partial charge in [-0.2, -0.15) is 4.31 Å². The van der Waals surface area contributed by atoms with Crippen LogP contribution in [0.5, 0.6) is 11.5 Å². The number of ether oxygens (including phenoxy) is 2. The molecule has 0 saturated carbocycles. The monoisotopic (exact) mass is 376 g/mol. The minimum atomic E-state index is -3.58. The molecule has 1 N–H and O–H groups in total. The Hall–Kier alpha value is -2.42. The van der Waals surface area contributed by atoms with Gasteiger partial charge >= 0.3 is 0 Å². The molecule has 0 aliphatic carbocycles. The largest absolute Gasteiger partial charge is 0.507 e. The maximum absolute atomic E-state index is 12.7. The van der Waals surface area contributed by atoms with Gasteiger partial charge in [0.2, 0.25) is 10.0 Å². The van der Waals surface area contributed by atoms with Crippen LogP contribution in [0.2, 0.25) is 0 Å². The Morgan fingerprint density at radius 1 is 1.19 bits per heavy atom. The Labute approximate surface area is 152 Å². The molecule has 1 fully saturated rings. The number of methoxy groups -OCH3 is 1. The van der Waals surface area contributed by atoms with E-state index in [1.807, 2.05) is 0 Å². The van der Waals surface area contributed by atoms with Crippen LogP contribution in [0.25, 0.3) is 0 Å². The van der Waals surface area contributed by atoms with Gasteiger partial charge in [-0.15, -0.1) is 0 Å². The van der Waals surface area contributed by atoms with Crippen LogP contribution in [0.4, 0.5) is 5.69 Å². The molecule has 138 valence electrons. The Bertz CT molecular complexity index is 906. The molecule has 1 heterocycles. The first kappa shape index (κ1) is 18.4. The van der Waals surface area contributed by atoms with Gasteiger partial charge in [0.05, 0.1) is 30.9 Å². The molecule has 0 atom stereocenters. The van der Waals surface area contributed by atoms with E-state index in [4.69, 9.17) is 9.47 Å². The first-order valence-electron chi connectivity index (χ1n) is 8.10. The molecule has 2 aromatic rings. The van der Waals surface area contributed by atoms with E-state index in [0.29, 0.717) is 43.3 Å². The fourth-order valence-electron chi connectivity index (χ4n) is 2.57. The summed E-state index contributed by atoms with van der Waals surface area (Å²) in [6, 6.07) is 11.2. The summed E-state index contributed by atoms with van der Waals surface area (Å²) >= 11 is 0.